The molecule has 0 bridgehead atoms. The molecule has 0 radical (unpaired) electrons. The van der Waals surface area contributed by atoms with Gasteiger partial charge in [0.2, 0.25) is 0 Å². The van der Waals surface area contributed by atoms with Crippen molar-refractivity contribution in [2.45, 2.75) is 50.4 Å². The van der Waals surface area contributed by atoms with E-state index in [1.54, 1.807) is 0 Å². The van der Waals surface area contributed by atoms with Crippen molar-refractivity contribution in [2.24, 2.45) is 5.92 Å². The lowest BCUT2D eigenvalue weighted by molar-refractivity contribution is -0.165. The first kappa shape index (κ1) is 14.4. The highest BCUT2D eigenvalue weighted by molar-refractivity contribution is 5.75. The van der Waals surface area contributed by atoms with Crippen LogP contribution in [0.25, 0.3) is 0 Å². The second-order valence-electron chi connectivity index (χ2n) is 5.40. The number of nitrogens with one attached hydrogen (secondary N) is 1. The fraction of sp³-hybridized carbons (Fsp3) is 0.917. The third-order valence-corrected chi connectivity index (χ3v) is 3.95. The van der Waals surface area contributed by atoms with Gasteiger partial charge in [0, 0.05) is 13.1 Å². The quantitative estimate of drug-likeness (QED) is 0.811. The van der Waals surface area contributed by atoms with Crippen molar-refractivity contribution < 1.29 is 23.1 Å². The van der Waals surface area contributed by atoms with Crippen molar-refractivity contribution in [3.05, 3.63) is 0 Å². The summed E-state index contributed by atoms with van der Waals surface area (Å²) in [7, 11) is 0. The average molecular weight is 280 g/mol. The Morgan fingerprint density at radius 3 is 2.37 bits per heavy atom. The smallest absolute Gasteiger partial charge is 0.391 e. The molecule has 2 N–H and O–H groups in total. The predicted octanol–water partition coefficient (Wildman–Crippen LogP) is 1.88. The number of carbonyl (C=O) groups excluding carboxylic acids is 1. The number of aliphatic hydroxyl groups excluding tert-OH is 1. The summed E-state index contributed by atoms with van der Waals surface area (Å²) < 4.78 is 39.0. The van der Waals surface area contributed by atoms with E-state index in [2.05, 4.69) is 5.32 Å². The maximum absolute atomic E-state index is 13.0. The van der Waals surface area contributed by atoms with E-state index in [0.29, 0.717) is 25.8 Å². The number of likely N-dealkylation sites (tertiary alicyclic amines) is 1. The largest absolute Gasteiger partial charge is 0.408 e. The van der Waals surface area contributed by atoms with Crippen molar-refractivity contribution in [1.29, 1.82) is 0 Å². The summed E-state index contributed by atoms with van der Waals surface area (Å²) in [4.78, 5) is 13.1. The van der Waals surface area contributed by atoms with E-state index in [1.807, 2.05) is 0 Å². The lowest BCUT2D eigenvalue weighted by Crippen LogP contribution is -2.53. The number of nitrogens with zero attached hydrogens (tertiary/aromatic N) is 1. The number of aliphatic hydroxyl groups is 1. The van der Waals surface area contributed by atoms with Crippen molar-refractivity contribution in [3.8, 4) is 0 Å². The van der Waals surface area contributed by atoms with Gasteiger partial charge in [-0.1, -0.05) is 12.8 Å². The molecule has 0 aromatic carbocycles. The van der Waals surface area contributed by atoms with E-state index in [4.69, 9.17) is 0 Å². The minimum absolute atomic E-state index is 0.112. The highest BCUT2D eigenvalue weighted by Gasteiger charge is 2.46. The molecular formula is C12H19F3N2O2. The Kier molecular flexibility index (Phi) is 4.23. The summed E-state index contributed by atoms with van der Waals surface area (Å²) in [6, 6.07) is -2.48. The number of rotatable bonds is 2. The maximum Gasteiger partial charge on any atom is 0.408 e. The first-order valence-electron chi connectivity index (χ1n) is 6.68. The van der Waals surface area contributed by atoms with Gasteiger partial charge in [0.15, 0.2) is 0 Å². The topological polar surface area (TPSA) is 52.6 Å². The van der Waals surface area contributed by atoms with Crippen molar-refractivity contribution in [3.63, 3.8) is 0 Å². The Labute approximate surface area is 110 Å². The molecular weight excluding hydrogens is 261 g/mol. The molecule has 2 amide bonds. The minimum atomic E-state index is -4.41. The molecule has 2 aliphatic rings. The number of halogens is 3. The Morgan fingerprint density at radius 1 is 1.26 bits per heavy atom. The Hall–Kier alpha value is -0.980. The van der Waals surface area contributed by atoms with Gasteiger partial charge < -0.3 is 15.3 Å². The fourth-order valence-corrected chi connectivity index (χ4v) is 2.91. The van der Waals surface area contributed by atoms with Crippen molar-refractivity contribution in [1.82, 2.24) is 10.2 Å². The first-order chi connectivity index (χ1) is 8.88. The molecule has 0 spiro atoms. The zero-order valence-corrected chi connectivity index (χ0v) is 10.6. The zero-order chi connectivity index (χ0) is 14.0. The van der Waals surface area contributed by atoms with Crippen LogP contribution >= 0.6 is 0 Å². The fourth-order valence-electron chi connectivity index (χ4n) is 2.91. The van der Waals surface area contributed by atoms with Gasteiger partial charge in [-0.3, -0.25) is 0 Å². The van der Waals surface area contributed by atoms with Crippen LogP contribution in [0.2, 0.25) is 0 Å². The normalized spacial score (nSPS) is 26.7. The molecule has 1 heterocycles. The van der Waals surface area contributed by atoms with E-state index in [0.717, 1.165) is 12.8 Å². The molecule has 1 aliphatic heterocycles. The molecule has 110 valence electrons. The first-order valence-corrected chi connectivity index (χ1v) is 6.68. The predicted molar refractivity (Wildman–Crippen MR) is 62.5 cm³/mol. The molecule has 0 aromatic rings. The average Bonchev–Trinajstić information content (AvgIpc) is 2.94. The maximum atomic E-state index is 13.0. The summed E-state index contributed by atoms with van der Waals surface area (Å²) in [5, 5.41) is 11.4. The number of urea groups is 1. The van der Waals surface area contributed by atoms with Gasteiger partial charge in [0.05, 0.1) is 6.10 Å². The summed E-state index contributed by atoms with van der Waals surface area (Å²) in [6.07, 6.45) is -2.02. The van der Waals surface area contributed by atoms with Gasteiger partial charge in [-0.15, -0.1) is 0 Å². The number of hydrogen-bond donors (Lipinski definition) is 2. The van der Waals surface area contributed by atoms with Gasteiger partial charge in [-0.25, -0.2) is 4.79 Å². The van der Waals surface area contributed by atoms with Crippen LogP contribution in [0.15, 0.2) is 0 Å². The second kappa shape index (κ2) is 5.56. The SMILES string of the molecule is O=C(NC(C1CCCC1)C(F)(F)F)N1CC[C@H](O)C1. The summed E-state index contributed by atoms with van der Waals surface area (Å²) in [5.41, 5.74) is 0. The highest BCUT2D eigenvalue weighted by Crippen LogP contribution is 2.35. The van der Waals surface area contributed by atoms with Crippen LogP contribution in [0.3, 0.4) is 0 Å². The van der Waals surface area contributed by atoms with E-state index < -0.39 is 30.3 Å². The minimum Gasteiger partial charge on any atom is -0.391 e. The Balaban J connectivity index is 1.97. The molecule has 2 fully saturated rings. The Bertz CT molecular complexity index is 329. The molecule has 1 saturated carbocycles. The molecule has 4 nitrogen and oxygen atoms in total. The molecule has 1 saturated heterocycles. The summed E-state index contributed by atoms with van der Waals surface area (Å²) >= 11 is 0. The lowest BCUT2D eigenvalue weighted by atomic mass is 9.98. The monoisotopic (exact) mass is 280 g/mol. The Morgan fingerprint density at radius 2 is 1.89 bits per heavy atom. The van der Waals surface area contributed by atoms with Crippen LogP contribution in [0.4, 0.5) is 18.0 Å². The van der Waals surface area contributed by atoms with Crippen LogP contribution < -0.4 is 5.32 Å². The third kappa shape index (κ3) is 3.52. The summed E-state index contributed by atoms with van der Waals surface area (Å²) in [5.74, 6) is -0.517. The van der Waals surface area contributed by atoms with Gasteiger partial charge >= 0.3 is 12.2 Å². The molecule has 7 heteroatoms. The van der Waals surface area contributed by atoms with E-state index in [-0.39, 0.29) is 6.54 Å². The van der Waals surface area contributed by atoms with Gasteiger partial charge in [0.1, 0.15) is 6.04 Å². The van der Waals surface area contributed by atoms with Crippen molar-refractivity contribution >= 4 is 6.03 Å². The van der Waals surface area contributed by atoms with Crippen LogP contribution in [0.1, 0.15) is 32.1 Å². The van der Waals surface area contributed by atoms with Crippen LogP contribution in [-0.4, -0.2) is 47.4 Å². The standard InChI is InChI=1S/C12H19F3N2O2/c13-12(14,15)10(8-3-1-2-4-8)16-11(19)17-6-5-9(18)7-17/h8-10,18H,1-7H2,(H,16,19)/t9-,10?/m0/s1. The van der Waals surface area contributed by atoms with Gasteiger partial charge in [-0.2, -0.15) is 13.2 Å². The third-order valence-electron chi connectivity index (χ3n) is 3.95. The molecule has 2 atom stereocenters. The van der Waals surface area contributed by atoms with Crippen LogP contribution in [-0.2, 0) is 0 Å². The second-order valence-corrected chi connectivity index (χ2v) is 5.40. The van der Waals surface area contributed by atoms with E-state index >= 15 is 0 Å². The highest BCUT2D eigenvalue weighted by atomic mass is 19.4. The zero-order valence-electron chi connectivity index (χ0n) is 10.6. The number of amides is 2. The van der Waals surface area contributed by atoms with Crippen LogP contribution in [0, 0.1) is 5.92 Å². The number of hydrogen-bond acceptors (Lipinski definition) is 2. The summed E-state index contributed by atoms with van der Waals surface area (Å²) in [6.45, 7) is 0.420. The van der Waals surface area contributed by atoms with E-state index in [9.17, 15) is 23.1 Å². The molecule has 1 unspecified atom stereocenters. The van der Waals surface area contributed by atoms with Crippen molar-refractivity contribution in [2.75, 3.05) is 13.1 Å². The van der Waals surface area contributed by atoms with Gasteiger partial charge in [0.25, 0.3) is 0 Å². The molecule has 2 rings (SSSR count). The van der Waals surface area contributed by atoms with Gasteiger partial charge in [-0.05, 0) is 25.2 Å². The molecule has 0 aromatic heterocycles. The molecule has 1 aliphatic carbocycles. The number of alkyl halides is 3. The van der Waals surface area contributed by atoms with E-state index in [1.165, 1.54) is 4.90 Å². The lowest BCUT2D eigenvalue weighted by Gasteiger charge is -2.29. The molecule has 19 heavy (non-hydrogen) atoms. The number of carbonyl (C=O) groups is 1. The van der Waals surface area contributed by atoms with Crippen LogP contribution in [0.5, 0.6) is 0 Å². The number of β-amino-alcohol motifs (C(OH)–C–C–N with tert-alkyl or cyclic N) is 1.